The molecule has 1 aromatic heterocycles. The van der Waals surface area contributed by atoms with Gasteiger partial charge in [-0.3, -0.25) is 14.4 Å². The Morgan fingerprint density at radius 1 is 0.947 bits per heavy atom. The Balaban J connectivity index is 2.06. The quantitative estimate of drug-likeness (QED) is 0.171. The number of benzene rings is 1. The first-order chi connectivity index (χ1) is 17.9. The standard InChI is InChI=1S/C28H36ClNO8/c1-16(2)25(38-21-10-8-20(29)9-11-21)19(6)37-28(33)18(5)14-22(31)24-26(23(34-7)12-13-30-24)35-15-36-27(32)17(3)4/h8-13,16-19,25H,14-15H2,1-7H3/t18-,19+,25-/m1/s1. The molecule has 3 atom stereocenters. The Kier molecular flexibility index (Phi) is 11.8. The van der Waals surface area contributed by atoms with Crippen LogP contribution in [0.4, 0.5) is 0 Å². The third-order valence-electron chi connectivity index (χ3n) is 5.63. The molecule has 38 heavy (non-hydrogen) atoms. The third kappa shape index (κ3) is 8.90. The van der Waals surface area contributed by atoms with Gasteiger partial charge in [-0.2, -0.15) is 0 Å². The molecule has 1 aromatic carbocycles. The maximum atomic E-state index is 13.1. The van der Waals surface area contributed by atoms with Crippen LogP contribution in [-0.4, -0.2) is 48.8 Å². The lowest BCUT2D eigenvalue weighted by Gasteiger charge is -2.29. The number of nitrogens with zero attached hydrogens (tertiary/aromatic N) is 1. The van der Waals surface area contributed by atoms with E-state index in [9.17, 15) is 14.4 Å². The number of carbonyl (C=O) groups is 3. The van der Waals surface area contributed by atoms with Crippen LogP contribution in [0.15, 0.2) is 36.5 Å². The van der Waals surface area contributed by atoms with Crippen molar-refractivity contribution in [1.82, 2.24) is 4.98 Å². The van der Waals surface area contributed by atoms with Crippen molar-refractivity contribution in [3.05, 3.63) is 47.2 Å². The van der Waals surface area contributed by atoms with E-state index in [0.717, 1.165) is 0 Å². The number of ether oxygens (including phenoxy) is 5. The fraction of sp³-hybridized carbons (Fsp3) is 0.500. The van der Waals surface area contributed by atoms with E-state index in [2.05, 4.69) is 4.98 Å². The molecular weight excluding hydrogens is 514 g/mol. The summed E-state index contributed by atoms with van der Waals surface area (Å²) in [6.45, 7) is 10.2. The van der Waals surface area contributed by atoms with Crippen molar-refractivity contribution >= 4 is 29.3 Å². The Hall–Kier alpha value is -3.33. The van der Waals surface area contributed by atoms with Gasteiger partial charge in [0.25, 0.3) is 0 Å². The molecule has 0 saturated carbocycles. The molecule has 0 radical (unpaired) electrons. The molecule has 1 heterocycles. The predicted molar refractivity (Wildman–Crippen MR) is 142 cm³/mol. The van der Waals surface area contributed by atoms with Crippen molar-refractivity contribution in [3.8, 4) is 17.2 Å². The number of esters is 2. The minimum Gasteiger partial charge on any atom is -0.493 e. The van der Waals surface area contributed by atoms with Gasteiger partial charge in [0.15, 0.2) is 23.0 Å². The molecule has 0 aliphatic rings. The number of halogens is 1. The van der Waals surface area contributed by atoms with Gasteiger partial charge in [-0.25, -0.2) is 4.98 Å². The van der Waals surface area contributed by atoms with Crippen molar-refractivity contribution in [2.24, 2.45) is 17.8 Å². The average Bonchev–Trinajstić information content (AvgIpc) is 2.87. The summed E-state index contributed by atoms with van der Waals surface area (Å²) in [5.41, 5.74) is -0.0382. The van der Waals surface area contributed by atoms with Gasteiger partial charge in [0.2, 0.25) is 6.79 Å². The SMILES string of the molecule is COc1ccnc(C(=O)C[C@@H](C)C(=O)O[C@@H](C)[C@H](Oc2ccc(Cl)cc2)C(C)C)c1OCOC(=O)C(C)C. The van der Waals surface area contributed by atoms with Crippen LogP contribution in [0.2, 0.25) is 5.02 Å². The summed E-state index contributed by atoms with van der Waals surface area (Å²) in [5.74, 6) is -1.65. The summed E-state index contributed by atoms with van der Waals surface area (Å²) in [7, 11) is 1.41. The first-order valence-electron chi connectivity index (χ1n) is 12.4. The van der Waals surface area contributed by atoms with E-state index >= 15 is 0 Å². The molecule has 0 unspecified atom stereocenters. The number of Topliss-reactive ketones (excluding diaryl/α,β-unsaturated/α-hetero) is 1. The lowest BCUT2D eigenvalue weighted by Crippen LogP contribution is -2.38. The molecule has 0 fully saturated rings. The zero-order valence-corrected chi connectivity index (χ0v) is 23.6. The molecule has 10 heteroatoms. The number of methoxy groups -OCH3 is 1. The van der Waals surface area contributed by atoms with E-state index in [1.807, 2.05) is 13.8 Å². The second-order valence-electron chi connectivity index (χ2n) is 9.52. The smallest absolute Gasteiger partial charge is 0.311 e. The maximum absolute atomic E-state index is 13.1. The van der Waals surface area contributed by atoms with Gasteiger partial charge in [0.1, 0.15) is 18.0 Å². The normalized spacial score (nSPS) is 13.4. The van der Waals surface area contributed by atoms with Crippen LogP contribution in [0.5, 0.6) is 17.2 Å². The Morgan fingerprint density at radius 2 is 1.61 bits per heavy atom. The molecule has 0 aliphatic carbocycles. The highest BCUT2D eigenvalue weighted by Crippen LogP contribution is 2.31. The highest BCUT2D eigenvalue weighted by Gasteiger charge is 2.30. The third-order valence-corrected chi connectivity index (χ3v) is 5.88. The zero-order valence-electron chi connectivity index (χ0n) is 22.9. The Labute approximate surface area is 228 Å². The Morgan fingerprint density at radius 3 is 2.18 bits per heavy atom. The number of rotatable bonds is 14. The van der Waals surface area contributed by atoms with Crippen molar-refractivity contribution in [1.29, 1.82) is 0 Å². The predicted octanol–water partition coefficient (Wildman–Crippen LogP) is 5.52. The number of carbonyl (C=O) groups excluding carboxylic acids is 3. The minimum absolute atomic E-state index is 0.0294. The lowest BCUT2D eigenvalue weighted by molar-refractivity contribution is -0.158. The van der Waals surface area contributed by atoms with E-state index in [1.165, 1.54) is 19.4 Å². The number of ketones is 1. The largest absolute Gasteiger partial charge is 0.493 e. The molecule has 2 aromatic rings. The van der Waals surface area contributed by atoms with Crippen LogP contribution >= 0.6 is 11.6 Å². The van der Waals surface area contributed by atoms with E-state index < -0.39 is 42.6 Å². The Bertz CT molecular complexity index is 1090. The second kappa shape index (κ2) is 14.6. The molecule has 0 N–H and O–H groups in total. The molecule has 0 aliphatic heterocycles. The van der Waals surface area contributed by atoms with E-state index in [0.29, 0.717) is 10.8 Å². The number of pyridine rings is 1. The summed E-state index contributed by atoms with van der Waals surface area (Å²) < 4.78 is 27.6. The van der Waals surface area contributed by atoms with Crippen molar-refractivity contribution < 1.29 is 38.1 Å². The summed E-state index contributed by atoms with van der Waals surface area (Å²) in [5, 5.41) is 0.590. The van der Waals surface area contributed by atoms with Crippen LogP contribution in [0.25, 0.3) is 0 Å². The topological polar surface area (TPSA) is 110 Å². The van der Waals surface area contributed by atoms with Crippen LogP contribution in [-0.2, 0) is 19.1 Å². The molecule has 0 bridgehead atoms. The average molecular weight is 550 g/mol. The zero-order chi connectivity index (χ0) is 28.4. The molecule has 0 saturated heterocycles. The molecular formula is C28H36ClNO8. The lowest BCUT2D eigenvalue weighted by atomic mass is 10.0. The molecule has 9 nitrogen and oxygen atoms in total. The maximum Gasteiger partial charge on any atom is 0.311 e. The number of hydrogen-bond donors (Lipinski definition) is 0. The highest BCUT2D eigenvalue weighted by molar-refractivity contribution is 6.30. The van der Waals surface area contributed by atoms with Gasteiger partial charge >= 0.3 is 11.9 Å². The van der Waals surface area contributed by atoms with Gasteiger partial charge in [-0.1, -0.05) is 46.2 Å². The summed E-state index contributed by atoms with van der Waals surface area (Å²) in [6, 6.07) is 8.45. The van der Waals surface area contributed by atoms with Gasteiger partial charge < -0.3 is 23.7 Å². The highest BCUT2D eigenvalue weighted by atomic mass is 35.5. The van der Waals surface area contributed by atoms with Crippen molar-refractivity contribution in [3.63, 3.8) is 0 Å². The first-order valence-corrected chi connectivity index (χ1v) is 12.8. The van der Waals surface area contributed by atoms with Gasteiger partial charge in [0, 0.05) is 23.7 Å². The van der Waals surface area contributed by atoms with Gasteiger partial charge in [-0.05, 0) is 37.1 Å². The van der Waals surface area contributed by atoms with Crippen molar-refractivity contribution in [2.75, 3.05) is 13.9 Å². The van der Waals surface area contributed by atoms with E-state index in [-0.39, 0.29) is 35.4 Å². The van der Waals surface area contributed by atoms with Gasteiger partial charge in [0.05, 0.1) is 18.9 Å². The fourth-order valence-corrected chi connectivity index (χ4v) is 3.64. The second-order valence-corrected chi connectivity index (χ2v) is 9.96. The summed E-state index contributed by atoms with van der Waals surface area (Å²) >= 11 is 5.95. The summed E-state index contributed by atoms with van der Waals surface area (Å²) in [4.78, 5) is 41.8. The van der Waals surface area contributed by atoms with E-state index in [4.69, 9.17) is 35.3 Å². The molecule has 208 valence electrons. The van der Waals surface area contributed by atoms with Crippen LogP contribution in [0.1, 0.15) is 58.5 Å². The van der Waals surface area contributed by atoms with Crippen LogP contribution in [0.3, 0.4) is 0 Å². The fourth-order valence-electron chi connectivity index (χ4n) is 3.51. The monoisotopic (exact) mass is 549 g/mol. The first kappa shape index (κ1) is 30.9. The summed E-state index contributed by atoms with van der Waals surface area (Å²) in [6.07, 6.45) is 0.209. The van der Waals surface area contributed by atoms with Crippen LogP contribution < -0.4 is 14.2 Å². The molecule has 2 rings (SSSR count). The van der Waals surface area contributed by atoms with Gasteiger partial charge in [-0.15, -0.1) is 0 Å². The van der Waals surface area contributed by atoms with Crippen LogP contribution in [0, 0.1) is 17.8 Å². The van der Waals surface area contributed by atoms with Crippen molar-refractivity contribution in [2.45, 2.75) is 60.2 Å². The number of hydrogen-bond acceptors (Lipinski definition) is 9. The minimum atomic E-state index is -0.770. The molecule has 0 spiro atoms. The number of aromatic nitrogens is 1. The van der Waals surface area contributed by atoms with E-state index in [1.54, 1.807) is 52.0 Å². The molecule has 0 amide bonds.